The van der Waals surface area contributed by atoms with Gasteiger partial charge in [-0.15, -0.1) is 10.2 Å². The van der Waals surface area contributed by atoms with E-state index >= 15 is 0 Å². The van der Waals surface area contributed by atoms with Crippen LogP contribution in [0.15, 0.2) is 53.7 Å². The summed E-state index contributed by atoms with van der Waals surface area (Å²) >= 11 is 0. The minimum atomic E-state index is 0.130. The van der Waals surface area contributed by atoms with Gasteiger partial charge in [-0.25, -0.2) is 4.79 Å². The normalized spacial score (nSPS) is 19.7. The van der Waals surface area contributed by atoms with E-state index in [1.54, 1.807) is 0 Å². The van der Waals surface area contributed by atoms with E-state index in [0.29, 0.717) is 36.0 Å². The van der Waals surface area contributed by atoms with Gasteiger partial charge in [0.2, 0.25) is 5.82 Å². The maximum absolute atomic E-state index is 14.5. The largest absolute Gasteiger partial charge is 0.328 e. The number of tetrazole rings is 1. The second kappa shape index (κ2) is 13.6. The highest BCUT2D eigenvalue weighted by Gasteiger charge is 2.37. The van der Waals surface area contributed by atoms with Gasteiger partial charge in [-0.1, -0.05) is 84.6 Å². The number of hydrogen-bond donors (Lipinski definition) is 1. The van der Waals surface area contributed by atoms with E-state index in [0.717, 1.165) is 47.2 Å². The Morgan fingerprint density at radius 3 is 2.26 bits per heavy atom. The molecule has 0 spiro atoms. The maximum Gasteiger partial charge on any atom is 0.328 e. The lowest BCUT2D eigenvalue weighted by atomic mass is 9.71. The summed E-state index contributed by atoms with van der Waals surface area (Å²) in [5.74, 6) is 2.63. The molecule has 3 aromatic heterocycles. The quantitative estimate of drug-likeness (QED) is 0.216. The molecule has 42 heavy (non-hydrogen) atoms. The van der Waals surface area contributed by atoms with Gasteiger partial charge in [0.1, 0.15) is 0 Å². The average molecular weight is 570 g/mol. The Hall–Kier alpha value is -3.55. The monoisotopic (exact) mass is 569 g/mol. The molecule has 8 heteroatoms. The third-order valence-corrected chi connectivity index (χ3v) is 9.39. The summed E-state index contributed by atoms with van der Waals surface area (Å²) in [6, 6.07) is 10.4. The van der Waals surface area contributed by atoms with Gasteiger partial charge >= 0.3 is 5.69 Å². The summed E-state index contributed by atoms with van der Waals surface area (Å²) in [5, 5.41) is 14.4. The number of aromatic amines is 1. The van der Waals surface area contributed by atoms with Gasteiger partial charge < -0.3 is 0 Å². The fourth-order valence-electron chi connectivity index (χ4n) is 7.04. The third kappa shape index (κ3) is 6.42. The Morgan fingerprint density at radius 2 is 1.64 bits per heavy atom. The smallest absolute Gasteiger partial charge is 0.295 e. The van der Waals surface area contributed by atoms with Crippen LogP contribution in [0.25, 0.3) is 22.5 Å². The van der Waals surface area contributed by atoms with Crippen LogP contribution in [0.4, 0.5) is 0 Å². The Morgan fingerprint density at radius 1 is 0.952 bits per heavy atom. The number of hydrogen-bond acceptors (Lipinski definition) is 5. The van der Waals surface area contributed by atoms with Crippen LogP contribution in [-0.4, -0.2) is 34.7 Å². The van der Waals surface area contributed by atoms with Crippen LogP contribution in [0, 0.1) is 23.7 Å². The van der Waals surface area contributed by atoms with Crippen molar-refractivity contribution in [2.45, 2.75) is 98.6 Å². The lowest BCUT2D eigenvalue weighted by molar-refractivity contribution is 0.111. The van der Waals surface area contributed by atoms with Crippen molar-refractivity contribution >= 4 is 0 Å². The fraction of sp³-hybridized carbons (Fsp3) is 0.559. The van der Waals surface area contributed by atoms with E-state index < -0.39 is 0 Å². The Kier molecular flexibility index (Phi) is 9.70. The summed E-state index contributed by atoms with van der Waals surface area (Å²) < 4.78 is 4.21. The number of nitrogens with one attached hydrogen (secondary N) is 1. The van der Waals surface area contributed by atoms with Crippen molar-refractivity contribution in [3.63, 3.8) is 0 Å². The first-order valence-corrected chi connectivity index (χ1v) is 16.0. The number of aryl methyl sites for hydroxylation is 1. The van der Waals surface area contributed by atoms with Gasteiger partial charge in [-0.05, 0) is 77.3 Å². The minimum absolute atomic E-state index is 0.130. The van der Waals surface area contributed by atoms with Gasteiger partial charge in [-0.2, -0.15) is 5.21 Å². The molecule has 0 bridgehead atoms. The minimum Gasteiger partial charge on any atom is -0.295 e. The van der Waals surface area contributed by atoms with Crippen LogP contribution in [0.1, 0.15) is 96.9 Å². The molecule has 3 heterocycles. The number of benzene rings is 1. The summed E-state index contributed by atoms with van der Waals surface area (Å²) in [6.45, 7) is 12.1. The van der Waals surface area contributed by atoms with Crippen molar-refractivity contribution in [1.29, 1.82) is 0 Å². The van der Waals surface area contributed by atoms with Crippen molar-refractivity contribution in [2.24, 2.45) is 23.7 Å². The molecule has 1 aliphatic carbocycles. The Bertz CT molecular complexity index is 1450. The zero-order chi connectivity index (χ0) is 29.6. The van der Waals surface area contributed by atoms with E-state index in [9.17, 15) is 4.79 Å². The van der Waals surface area contributed by atoms with Gasteiger partial charge in [0.15, 0.2) is 0 Å². The highest BCUT2D eigenvalue weighted by atomic mass is 16.1. The van der Waals surface area contributed by atoms with Crippen molar-refractivity contribution in [2.75, 3.05) is 0 Å². The van der Waals surface area contributed by atoms with E-state index in [-0.39, 0.29) is 11.7 Å². The molecule has 2 unspecified atom stereocenters. The Labute approximate surface area is 250 Å². The van der Waals surface area contributed by atoms with Gasteiger partial charge in [0, 0.05) is 35.9 Å². The molecular weight excluding hydrogens is 522 g/mol. The SMILES string of the molecule is CCCCc1cn(C2C(C(C)C)CCCCCC2C(C)C)c(=O)n1Cc1cnccc1-c1ccc(-c2nn[nH]n2)cc1. The molecule has 1 N–H and O–H groups in total. The first-order valence-electron chi connectivity index (χ1n) is 16.0. The van der Waals surface area contributed by atoms with Crippen LogP contribution in [0.3, 0.4) is 0 Å². The summed E-state index contributed by atoms with van der Waals surface area (Å²) in [7, 11) is 0. The molecule has 4 aromatic rings. The predicted octanol–water partition coefficient (Wildman–Crippen LogP) is 7.33. The van der Waals surface area contributed by atoms with E-state index in [2.05, 4.69) is 83.1 Å². The number of aromatic nitrogens is 7. The van der Waals surface area contributed by atoms with Crippen molar-refractivity contribution in [3.05, 3.63) is 70.7 Å². The van der Waals surface area contributed by atoms with Crippen LogP contribution < -0.4 is 5.69 Å². The molecule has 0 aliphatic heterocycles. The van der Waals surface area contributed by atoms with Crippen molar-refractivity contribution in [1.82, 2.24) is 34.7 Å². The van der Waals surface area contributed by atoms with E-state index in [1.807, 2.05) is 35.2 Å². The molecule has 8 nitrogen and oxygen atoms in total. The number of nitrogens with zero attached hydrogens (tertiary/aromatic N) is 6. The predicted molar refractivity (Wildman–Crippen MR) is 168 cm³/mol. The standard InChI is InChI=1S/C34H47N7O/c1-6-7-11-28-22-41(32-29(23(2)3)12-9-8-10-13-30(32)24(4)5)34(42)40(28)21-27-20-35-19-18-31(27)25-14-16-26(17-15-25)33-36-38-39-37-33/h14-20,22-24,29-30,32H,6-13,21H2,1-5H3,(H,36,37,38,39). The molecule has 1 aromatic carbocycles. The molecule has 2 atom stereocenters. The molecule has 0 radical (unpaired) electrons. The first-order chi connectivity index (χ1) is 20.4. The van der Waals surface area contributed by atoms with Gasteiger partial charge in [-0.3, -0.25) is 14.1 Å². The summed E-state index contributed by atoms with van der Waals surface area (Å²) in [4.78, 5) is 19.0. The van der Waals surface area contributed by atoms with Crippen LogP contribution in [-0.2, 0) is 13.0 Å². The summed E-state index contributed by atoms with van der Waals surface area (Å²) in [5.41, 5.74) is 5.36. The fourth-order valence-corrected chi connectivity index (χ4v) is 7.04. The number of imidazole rings is 1. The molecule has 1 aliphatic rings. The number of H-pyrrole nitrogens is 1. The lowest BCUT2D eigenvalue weighted by Gasteiger charge is -2.40. The van der Waals surface area contributed by atoms with E-state index in [1.165, 1.54) is 32.1 Å². The maximum atomic E-state index is 14.5. The second-order valence-electron chi connectivity index (χ2n) is 12.8. The van der Waals surface area contributed by atoms with E-state index in [4.69, 9.17) is 0 Å². The lowest BCUT2D eigenvalue weighted by Crippen LogP contribution is -2.39. The highest BCUT2D eigenvalue weighted by Crippen LogP contribution is 2.43. The Balaban J connectivity index is 1.55. The number of pyridine rings is 1. The molecule has 1 fully saturated rings. The number of rotatable bonds is 10. The van der Waals surface area contributed by atoms with Crippen LogP contribution in [0.2, 0.25) is 0 Å². The van der Waals surface area contributed by atoms with Gasteiger partial charge in [0.25, 0.3) is 0 Å². The molecular formula is C34H47N7O. The topological polar surface area (TPSA) is 94.3 Å². The molecule has 5 rings (SSSR count). The number of unbranched alkanes of at least 4 members (excludes halogenated alkanes) is 1. The second-order valence-corrected chi connectivity index (χ2v) is 12.8. The summed E-state index contributed by atoms with van der Waals surface area (Å²) in [6.07, 6.45) is 15.2. The van der Waals surface area contributed by atoms with Crippen LogP contribution >= 0.6 is 0 Å². The molecule has 1 saturated carbocycles. The molecule has 0 amide bonds. The highest BCUT2D eigenvalue weighted by molar-refractivity contribution is 5.69. The van der Waals surface area contributed by atoms with Crippen molar-refractivity contribution in [3.8, 4) is 22.5 Å². The van der Waals surface area contributed by atoms with Gasteiger partial charge in [0.05, 0.1) is 6.54 Å². The van der Waals surface area contributed by atoms with Crippen LogP contribution in [0.5, 0.6) is 0 Å². The molecule has 0 saturated heterocycles. The van der Waals surface area contributed by atoms with Crippen molar-refractivity contribution < 1.29 is 0 Å². The zero-order valence-electron chi connectivity index (χ0n) is 26.0. The first kappa shape index (κ1) is 29.9. The molecule has 224 valence electrons. The third-order valence-electron chi connectivity index (χ3n) is 9.39. The average Bonchev–Trinajstić information content (AvgIpc) is 3.61. The zero-order valence-corrected chi connectivity index (χ0v) is 26.0.